The molecule has 10 nitrogen and oxygen atoms in total. The highest BCUT2D eigenvalue weighted by Crippen LogP contribution is 2.21. The van der Waals surface area contributed by atoms with E-state index in [2.05, 4.69) is 15.4 Å². The van der Waals surface area contributed by atoms with E-state index in [0.717, 1.165) is 6.42 Å². The van der Waals surface area contributed by atoms with E-state index in [1.54, 1.807) is 14.1 Å². The molecule has 1 saturated heterocycles. The van der Waals surface area contributed by atoms with Crippen LogP contribution >= 0.6 is 12.4 Å². The highest BCUT2D eigenvalue weighted by molar-refractivity contribution is 7.90. The van der Waals surface area contributed by atoms with E-state index in [1.807, 2.05) is 20.8 Å². The van der Waals surface area contributed by atoms with Gasteiger partial charge in [-0.25, -0.2) is 8.42 Å². The smallest absolute Gasteiger partial charge is 0.308 e. The van der Waals surface area contributed by atoms with Gasteiger partial charge in [0.1, 0.15) is 22.0 Å². The Morgan fingerprint density at radius 1 is 1.16 bits per heavy atom. The van der Waals surface area contributed by atoms with Crippen molar-refractivity contribution < 1.29 is 38.0 Å². The SMILES string of the molecule is C.CCC(C)C(=O)OC.CCC1OC(O)C(NC)C(O)C1O.CNCCS(C)(=O)=O.Cl. The Kier molecular flexibility index (Phi) is 24.5. The molecule has 0 aromatic carbocycles. The molecule has 0 saturated carbocycles. The van der Waals surface area contributed by atoms with Gasteiger partial charge in [-0.3, -0.25) is 4.79 Å². The Labute approximate surface area is 194 Å². The molecule has 0 bridgehead atoms. The van der Waals surface area contributed by atoms with Gasteiger partial charge in [0.05, 0.1) is 30.9 Å². The molecule has 1 heterocycles. The van der Waals surface area contributed by atoms with E-state index in [0.29, 0.717) is 13.0 Å². The first kappa shape index (κ1) is 37.8. The van der Waals surface area contributed by atoms with Gasteiger partial charge in [0.2, 0.25) is 0 Å². The van der Waals surface area contributed by atoms with Crippen molar-refractivity contribution in [2.75, 3.05) is 39.8 Å². The lowest BCUT2D eigenvalue weighted by Crippen LogP contribution is -2.61. The van der Waals surface area contributed by atoms with Gasteiger partial charge in [-0.2, -0.15) is 0 Å². The summed E-state index contributed by atoms with van der Waals surface area (Å²) in [4.78, 5) is 10.5. The number of aliphatic hydroxyl groups is 3. The molecule has 0 amide bonds. The van der Waals surface area contributed by atoms with Crippen molar-refractivity contribution in [3.63, 3.8) is 0 Å². The average Bonchev–Trinajstić information content (AvgIpc) is 2.68. The number of esters is 1. The molecule has 31 heavy (non-hydrogen) atoms. The number of hydrogen-bond acceptors (Lipinski definition) is 10. The number of methoxy groups -OCH3 is 1. The van der Waals surface area contributed by atoms with Crippen molar-refractivity contribution >= 4 is 28.2 Å². The Morgan fingerprint density at radius 3 is 1.94 bits per heavy atom. The van der Waals surface area contributed by atoms with Crippen LogP contribution < -0.4 is 10.6 Å². The Hall–Kier alpha value is -0.530. The van der Waals surface area contributed by atoms with Gasteiger partial charge >= 0.3 is 5.97 Å². The van der Waals surface area contributed by atoms with E-state index >= 15 is 0 Å². The fraction of sp³-hybridized carbons (Fsp3) is 0.947. The predicted octanol–water partition coefficient (Wildman–Crippen LogP) is -0.0628. The molecule has 1 aliphatic rings. The summed E-state index contributed by atoms with van der Waals surface area (Å²) in [5.41, 5.74) is 0. The summed E-state index contributed by atoms with van der Waals surface area (Å²) in [6, 6.07) is -0.627. The van der Waals surface area contributed by atoms with Crippen LogP contribution in [0, 0.1) is 5.92 Å². The molecule has 0 aromatic rings. The topological polar surface area (TPSA) is 154 Å². The van der Waals surface area contributed by atoms with Crippen LogP contribution in [0.5, 0.6) is 0 Å². The van der Waals surface area contributed by atoms with Gasteiger partial charge < -0.3 is 35.4 Å². The van der Waals surface area contributed by atoms with Crippen molar-refractivity contribution in [1.82, 2.24) is 10.6 Å². The van der Waals surface area contributed by atoms with E-state index in [-0.39, 0.29) is 37.5 Å². The molecule has 12 heteroatoms. The second kappa shape index (κ2) is 20.1. The maximum atomic E-state index is 10.5. The lowest BCUT2D eigenvalue weighted by atomic mass is 9.96. The van der Waals surface area contributed by atoms with Crippen molar-refractivity contribution in [1.29, 1.82) is 0 Å². The van der Waals surface area contributed by atoms with E-state index in [9.17, 15) is 28.5 Å². The van der Waals surface area contributed by atoms with E-state index in [1.165, 1.54) is 13.4 Å². The van der Waals surface area contributed by atoms with Crippen LogP contribution in [0.15, 0.2) is 0 Å². The number of halogens is 1. The number of ether oxygens (including phenoxy) is 2. The van der Waals surface area contributed by atoms with Crippen LogP contribution in [0.1, 0.15) is 41.0 Å². The lowest BCUT2D eigenvalue weighted by Gasteiger charge is -2.40. The molecule has 6 unspecified atom stereocenters. The molecule has 1 rings (SSSR count). The second-order valence-corrected chi connectivity index (χ2v) is 9.09. The Bertz CT molecular complexity index is 539. The Morgan fingerprint density at radius 2 is 1.68 bits per heavy atom. The minimum absolute atomic E-state index is 0. The maximum absolute atomic E-state index is 10.5. The minimum Gasteiger partial charge on any atom is -0.469 e. The fourth-order valence-corrected chi connectivity index (χ4v) is 2.83. The number of nitrogens with one attached hydrogen (secondary N) is 2. The third kappa shape index (κ3) is 16.7. The van der Waals surface area contributed by atoms with Crippen LogP contribution in [0.4, 0.5) is 0 Å². The average molecular weight is 497 g/mol. The van der Waals surface area contributed by atoms with Crippen molar-refractivity contribution in [3.8, 4) is 0 Å². The normalized spacial score (nSPS) is 25.8. The first-order chi connectivity index (χ1) is 13.4. The number of likely N-dealkylation sites (N-methyl/N-ethyl adjacent to an activating group) is 1. The number of carbonyl (C=O) groups excluding carboxylic acids is 1. The zero-order valence-corrected chi connectivity index (χ0v) is 20.6. The third-order valence-corrected chi connectivity index (χ3v) is 5.34. The lowest BCUT2D eigenvalue weighted by molar-refractivity contribution is -0.247. The van der Waals surface area contributed by atoms with Crippen molar-refractivity contribution in [2.45, 2.75) is 71.7 Å². The van der Waals surface area contributed by atoms with Crippen LogP contribution in [0.3, 0.4) is 0 Å². The van der Waals surface area contributed by atoms with Gasteiger partial charge in [-0.1, -0.05) is 28.2 Å². The van der Waals surface area contributed by atoms with E-state index < -0.39 is 40.5 Å². The summed E-state index contributed by atoms with van der Waals surface area (Å²) in [5.74, 6) is 0.163. The number of hydrogen-bond donors (Lipinski definition) is 5. The highest BCUT2D eigenvalue weighted by Gasteiger charge is 2.42. The Balaban J connectivity index is -0.000000180. The molecule has 0 spiro atoms. The van der Waals surface area contributed by atoms with Crippen LogP contribution in [-0.2, 0) is 24.1 Å². The maximum Gasteiger partial charge on any atom is 0.308 e. The molecular weight excluding hydrogens is 452 g/mol. The summed E-state index contributed by atoms with van der Waals surface area (Å²) in [6.07, 6.45) is -0.838. The number of sulfone groups is 1. The summed E-state index contributed by atoms with van der Waals surface area (Å²) in [5, 5.41) is 33.9. The molecule has 5 N–H and O–H groups in total. The first-order valence-corrected chi connectivity index (χ1v) is 11.7. The van der Waals surface area contributed by atoms with Gasteiger partial charge in [0, 0.05) is 12.8 Å². The monoisotopic (exact) mass is 496 g/mol. The van der Waals surface area contributed by atoms with Crippen LogP contribution in [0.2, 0.25) is 0 Å². The van der Waals surface area contributed by atoms with Crippen molar-refractivity contribution in [3.05, 3.63) is 0 Å². The van der Waals surface area contributed by atoms with Gasteiger partial charge in [0.15, 0.2) is 6.29 Å². The molecule has 0 aromatic heterocycles. The van der Waals surface area contributed by atoms with Gasteiger partial charge in [-0.15, -0.1) is 12.4 Å². The van der Waals surface area contributed by atoms with Gasteiger partial charge in [-0.05, 0) is 26.9 Å². The molecule has 1 fully saturated rings. The summed E-state index contributed by atoms with van der Waals surface area (Å²) in [7, 11) is 1.99. The molecule has 0 radical (unpaired) electrons. The first-order valence-electron chi connectivity index (χ1n) is 9.67. The molecular formula is C19H45ClN2O8S. The largest absolute Gasteiger partial charge is 0.469 e. The quantitative estimate of drug-likeness (QED) is 0.302. The standard InChI is InChI=1S/C8H17NO4.C6H12O2.C4H11NO2S.CH4.ClH/c1-3-4-6(10)7(11)5(9-2)8(12)13-4;1-4-5(2)6(7)8-3;1-5-3-4-8(2,6)7;;/h4-12H,3H2,1-2H3;5H,4H2,1-3H3;5H,3-4H2,1-2H3;1H4;1H. The zero-order valence-electron chi connectivity index (χ0n) is 19.0. The van der Waals surface area contributed by atoms with Crippen molar-refractivity contribution in [2.24, 2.45) is 5.92 Å². The summed E-state index contributed by atoms with van der Waals surface area (Å²) < 4.78 is 30.3. The molecule has 0 aliphatic carbocycles. The van der Waals surface area contributed by atoms with Crippen LogP contribution in [-0.4, -0.2) is 100 Å². The number of aliphatic hydroxyl groups excluding tert-OH is 3. The second-order valence-electron chi connectivity index (χ2n) is 6.83. The molecule has 1 aliphatic heterocycles. The molecule has 6 atom stereocenters. The van der Waals surface area contributed by atoms with E-state index in [4.69, 9.17) is 4.74 Å². The van der Waals surface area contributed by atoms with Crippen LogP contribution in [0.25, 0.3) is 0 Å². The number of carbonyl (C=O) groups is 1. The summed E-state index contributed by atoms with van der Waals surface area (Å²) in [6.45, 7) is 6.18. The number of rotatable bonds is 7. The van der Waals surface area contributed by atoms with Gasteiger partial charge in [0.25, 0.3) is 0 Å². The highest BCUT2D eigenvalue weighted by atomic mass is 35.5. The predicted molar refractivity (Wildman–Crippen MR) is 125 cm³/mol. The fourth-order valence-electron chi connectivity index (χ4n) is 2.25. The summed E-state index contributed by atoms with van der Waals surface area (Å²) >= 11 is 0. The molecule has 192 valence electrons. The third-order valence-electron chi connectivity index (χ3n) is 4.39. The minimum atomic E-state index is -2.75. The zero-order chi connectivity index (χ0) is 23.2.